The Bertz CT molecular complexity index is 475. The first-order valence-electron chi connectivity index (χ1n) is 8.17. The summed E-state index contributed by atoms with van der Waals surface area (Å²) in [6, 6.07) is 11.6. The highest BCUT2D eigenvalue weighted by Crippen LogP contribution is 2.34. The Kier molecular flexibility index (Phi) is 4.91. The SMILES string of the molecule is C[C@H]1C[C@H]2CCCC(=S)N2[C@H](COCc2ccccc2)C1. The van der Waals surface area contributed by atoms with Gasteiger partial charge in [0, 0.05) is 6.04 Å². The number of fused-ring (bicyclic) bond motifs is 1. The second-order valence-corrected chi connectivity index (χ2v) is 7.05. The first kappa shape index (κ1) is 15.0. The first-order chi connectivity index (χ1) is 10.2. The summed E-state index contributed by atoms with van der Waals surface area (Å²) in [7, 11) is 0. The molecule has 3 heteroatoms. The number of benzene rings is 1. The van der Waals surface area contributed by atoms with Crippen LogP contribution >= 0.6 is 12.2 Å². The second kappa shape index (κ2) is 6.89. The third-order valence-electron chi connectivity index (χ3n) is 4.77. The number of nitrogens with zero attached hydrogens (tertiary/aromatic N) is 1. The molecule has 2 heterocycles. The molecule has 2 saturated heterocycles. The summed E-state index contributed by atoms with van der Waals surface area (Å²) in [4.78, 5) is 3.69. The predicted molar refractivity (Wildman–Crippen MR) is 90.4 cm³/mol. The monoisotopic (exact) mass is 303 g/mol. The van der Waals surface area contributed by atoms with E-state index in [0.717, 1.165) is 18.9 Å². The molecule has 0 bridgehead atoms. The van der Waals surface area contributed by atoms with E-state index in [1.54, 1.807) is 0 Å². The van der Waals surface area contributed by atoms with Gasteiger partial charge in [-0.1, -0.05) is 49.5 Å². The molecule has 3 atom stereocenters. The van der Waals surface area contributed by atoms with Crippen LogP contribution in [0, 0.1) is 5.92 Å². The Hall–Kier alpha value is -0.930. The molecule has 2 fully saturated rings. The topological polar surface area (TPSA) is 12.5 Å². The van der Waals surface area contributed by atoms with Crippen LogP contribution in [0.4, 0.5) is 0 Å². The van der Waals surface area contributed by atoms with Crippen molar-refractivity contribution in [1.82, 2.24) is 4.90 Å². The van der Waals surface area contributed by atoms with Gasteiger partial charge in [0.2, 0.25) is 0 Å². The van der Waals surface area contributed by atoms with Crippen LogP contribution in [0.25, 0.3) is 0 Å². The van der Waals surface area contributed by atoms with Gasteiger partial charge >= 0.3 is 0 Å². The Balaban J connectivity index is 1.58. The second-order valence-electron chi connectivity index (χ2n) is 6.58. The van der Waals surface area contributed by atoms with Gasteiger partial charge in [-0.25, -0.2) is 0 Å². The molecule has 2 nitrogen and oxygen atoms in total. The predicted octanol–water partition coefficient (Wildman–Crippen LogP) is 4.18. The van der Waals surface area contributed by atoms with Crippen LogP contribution < -0.4 is 0 Å². The third-order valence-corrected chi connectivity index (χ3v) is 5.19. The summed E-state index contributed by atoms with van der Waals surface area (Å²) in [5.41, 5.74) is 1.25. The van der Waals surface area contributed by atoms with Gasteiger partial charge in [-0.2, -0.15) is 0 Å². The summed E-state index contributed by atoms with van der Waals surface area (Å²) < 4.78 is 6.00. The van der Waals surface area contributed by atoms with Crippen LogP contribution in [0.15, 0.2) is 30.3 Å². The number of thiocarbonyl (C=S) groups is 1. The standard InChI is InChI=1S/C18H25NOS/c1-14-10-16-8-5-9-18(21)19(16)17(11-14)13-20-12-15-6-3-2-4-7-15/h2-4,6-7,14,16-17H,5,8-13H2,1H3/t14-,16+,17-/m0/s1. The van der Waals surface area contributed by atoms with Crippen LogP contribution in [-0.2, 0) is 11.3 Å². The summed E-state index contributed by atoms with van der Waals surface area (Å²) >= 11 is 5.63. The van der Waals surface area contributed by atoms with Gasteiger partial charge in [-0.05, 0) is 43.6 Å². The average Bonchev–Trinajstić information content (AvgIpc) is 2.48. The van der Waals surface area contributed by atoms with Gasteiger partial charge in [0.05, 0.1) is 24.2 Å². The van der Waals surface area contributed by atoms with Crippen molar-refractivity contribution in [2.75, 3.05) is 6.61 Å². The molecule has 0 unspecified atom stereocenters. The highest BCUT2D eigenvalue weighted by atomic mass is 32.1. The summed E-state index contributed by atoms with van der Waals surface area (Å²) in [6.45, 7) is 3.88. The first-order valence-corrected chi connectivity index (χ1v) is 8.57. The van der Waals surface area contributed by atoms with Gasteiger partial charge in [0.25, 0.3) is 0 Å². The van der Waals surface area contributed by atoms with Crippen molar-refractivity contribution < 1.29 is 4.74 Å². The van der Waals surface area contributed by atoms with E-state index in [1.807, 2.05) is 6.07 Å². The molecular formula is C18H25NOS. The zero-order valence-electron chi connectivity index (χ0n) is 12.8. The maximum Gasteiger partial charge on any atom is 0.0785 e. The molecule has 0 N–H and O–H groups in total. The van der Waals surface area contributed by atoms with Crippen molar-refractivity contribution in [2.45, 2.75) is 57.7 Å². The van der Waals surface area contributed by atoms with E-state index in [-0.39, 0.29) is 0 Å². The van der Waals surface area contributed by atoms with Gasteiger partial charge in [0.15, 0.2) is 0 Å². The maximum absolute atomic E-state index is 6.00. The lowest BCUT2D eigenvalue weighted by molar-refractivity contribution is 0.0223. The van der Waals surface area contributed by atoms with Gasteiger partial charge in [0.1, 0.15) is 0 Å². The van der Waals surface area contributed by atoms with Crippen molar-refractivity contribution >= 4 is 17.2 Å². The number of hydrogen-bond acceptors (Lipinski definition) is 2. The molecule has 0 amide bonds. The average molecular weight is 303 g/mol. The lowest BCUT2D eigenvalue weighted by atomic mass is 9.83. The molecule has 0 radical (unpaired) electrons. The smallest absolute Gasteiger partial charge is 0.0785 e. The quantitative estimate of drug-likeness (QED) is 0.774. The summed E-state index contributed by atoms with van der Waals surface area (Å²) in [5, 5.41) is 0. The van der Waals surface area contributed by atoms with E-state index >= 15 is 0 Å². The van der Waals surface area contributed by atoms with E-state index in [9.17, 15) is 0 Å². The normalized spacial score (nSPS) is 29.3. The van der Waals surface area contributed by atoms with E-state index in [4.69, 9.17) is 17.0 Å². The molecule has 2 aliphatic heterocycles. The fourth-order valence-electron chi connectivity index (χ4n) is 3.87. The fraction of sp³-hybridized carbons (Fsp3) is 0.611. The molecule has 0 aromatic heterocycles. The summed E-state index contributed by atoms with van der Waals surface area (Å²) in [6.07, 6.45) is 6.18. The van der Waals surface area contributed by atoms with Crippen molar-refractivity contribution in [2.24, 2.45) is 5.92 Å². The molecule has 0 saturated carbocycles. The highest BCUT2D eigenvalue weighted by molar-refractivity contribution is 7.80. The zero-order valence-corrected chi connectivity index (χ0v) is 13.6. The maximum atomic E-state index is 6.00. The Labute approximate surface area is 133 Å². The molecule has 2 aliphatic rings. The minimum Gasteiger partial charge on any atom is -0.375 e. The molecule has 114 valence electrons. The van der Waals surface area contributed by atoms with Crippen LogP contribution in [0.2, 0.25) is 0 Å². The number of piperidine rings is 2. The van der Waals surface area contributed by atoms with Crippen molar-refractivity contribution in [3.05, 3.63) is 35.9 Å². The van der Waals surface area contributed by atoms with Crippen LogP contribution in [0.3, 0.4) is 0 Å². The van der Waals surface area contributed by atoms with Gasteiger partial charge in [-0.15, -0.1) is 0 Å². The fourth-order valence-corrected chi connectivity index (χ4v) is 4.31. The number of ether oxygens (including phenoxy) is 1. The minimum absolute atomic E-state index is 0.482. The van der Waals surface area contributed by atoms with Crippen LogP contribution in [0.1, 0.15) is 44.6 Å². The lowest BCUT2D eigenvalue weighted by Gasteiger charge is -2.48. The van der Waals surface area contributed by atoms with Crippen molar-refractivity contribution in [1.29, 1.82) is 0 Å². The molecular weight excluding hydrogens is 278 g/mol. The molecule has 1 aromatic rings. The Morgan fingerprint density at radius 2 is 2.05 bits per heavy atom. The Morgan fingerprint density at radius 3 is 2.86 bits per heavy atom. The van der Waals surface area contributed by atoms with Crippen molar-refractivity contribution in [3.8, 4) is 0 Å². The zero-order chi connectivity index (χ0) is 14.7. The Morgan fingerprint density at radius 1 is 1.24 bits per heavy atom. The van der Waals surface area contributed by atoms with E-state index in [0.29, 0.717) is 18.7 Å². The van der Waals surface area contributed by atoms with Gasteiger partial charge < -0.3 is 9.64 Å². The third kappa shape index (κ3) is 3.64. The molecule has 1 aromatic carbocycles. The number of hydrogen-bond donors (Lipinski definition) is 0. The van der Waals surface area contributed by atoms with Crippen molar-refractivity contribution in [3.63, 3.8) is 0 Å². The van der Waals surface area contributed by atoms with Crippen LogP contribution in [-0.4, -0.2) is 28.6 Å². The molecule has 3 rings (SSSR count). The minimum atomic E-state index is 0.482. The lowest BCUT2D eigenvalue weighted by Crippen LogP contribution is -2.54. The van der Waals surface area contributed by atoms with E-state index in [2.05, 4.69) is 36.1 Å². The van der Waals surface area contributed by atoms with E-state index in [1.165, 1.54) is 36.2 Å². The highest BCUT2D eigenvalue weighted by Gasteiger charge is 2.37. The summed E-state index contributed by atoms with van der Waals surface area (Å²) in [5.74, 6) is 0.789. The number of rotatable bonds is 4. The molecule has 21 heavy (non-hydrogen) atoms. The molecule has 0 spiro atoms. The van der Waals surface area contributed by atoms with E-state index < -0.39 is 0 Å². The van der Waals surface area contributed by atoms with Crippen LogP contribution in [0.5, 0.6) is 0 Å². The van der Waals surface area contributed by atoms with Gasteiger partial charge in [-0.3, -0.25) is 0 Å². The largest absolute Gasteiger partial charge is 0.375 e. The molecule has 0 aliphatic carbocycles.